The molecule has 0 bridgehead atoms. The van der Waals surface area contributed by atoms with E-state index in [0.717, 1.165) is 5.56 Å². The minimum absolute atomic E-state index is 0.0621. The van der Waals surface area contributed by atoms with Gasteiger partial charge in [0.1, 0.15) is 17.6 Å². The molecule has 192 valence electrons. The summed E-state index contributed by atoms with van der Waals surface area (Å²) in [5.41, 5.74) is 0.958. The van der Waals surface area contributed by atoms with Crippen LogP contribution in [0.3, 0.4) is 0 Å². The summed E-state index contributed by atoms with van der Waals surface area (Å²) < 4.78 is 19.7. The summed E-state index contributed by atoms with van der Waals surface area (Å²) in [4.78, 5) is 45.0. The lowest BCUT2D eigenvalue weighted by Gasteiger charge is -2.44. The van der Waals surface area contributed by atoms with E-state index in [9.17, 15) is 18.8 Å². The molecule has 1 N–H and O–H groups in total. The van der Waals surface area contributed by atoms with Gasteiger partial charge < -0.3 is 19.9 Å². The maximum atomic E-state index is 13.7. The first kappa shape index (κ1) is 25.8. The number of amides is 3. The fraction of sp³-hybridized carbons (Fsp3) is 0.444. The largest absolute Gasteiger partial charge is 0.353 e. The number of halogens is 1. The number of rotatable bonds is 6. The van der Waals surface area contributed by atoms with Crippen molar-refractivity contribution in [2.75, 3.05) is 46.9 Å². The number of carbonyl (C=O) groups excluding carboxylic acids is 3. The Morgan fingerprint density at radius 2 is 1.58 bits per heavy atom. The second kappa shape index (κ2) is 10.8. The first-order valence-corrected chi connectivity index (χ1v) is 12.2. The van der Waals surface area contributed by atoms with Crippen molar-refractivity contribution < 1.29 is 23.5 Å². The molecule has 2 aliphatic heterocycles. The van der Waals surface area contributed by atoms with E-state index in [2.05, 4.69) is 5.32 Å². The highest BCUT2D eigenvalue weighted by molar-refractivity contribution is 5.98. The van der Waals surface area contributed by atoms with E-state index in [4.69, 9.17) is 4.74 Å². The Bertz CT molecular complexity index is 1100. The Morgan fingerprint density at radius 3 is 2.19 bits per heavy atom. The van der Waals surface area contributed by atoms with Gasteiger partial charge in [0, 0.05) is 50.1 Å². The van der Waals surface area contributed by atoms with Gasteiger partial charge in [0.15, 0.2) is 0 Å². The number of hydrogen-bond donors (Lipinski definition) is 1. The number of aryl methyl sites for hydroxylation is 1. The fourth-order valence-electron chi connectivity index (χ4n) is 4.76. The number of carbonyl (C=O) groups is 3. The van der Waals surface area contributed by atoms with Gasteiger partial charge in [-0.1, -0.05) is 17.7 Å². The molecule has 9 heteroatoms. The number of nitrogens with one attached hydrogen (secondary N) is 1. The molecule has 2 heterocycles. The molecule has 36 heavy (non-hydrogen) atoms. The summed E-state index contributed by atoms with van der Waals surface area (Å²) in [6.45, 7) is 3.89. The molecule has 2 aromatic carbocycles. The molecule has 0 radical (unpaired) electrons. The van der Waals surface area contributed by atoms with Gasteiger partial charge in [0.05, 0.1) is 6.61 Å². The SMILES string of the molecule is Cc1ccc(C(=O)N2CCC3(CC2)OC[C@@H](C(=O)NCCN(C)C)N3C(=O)c2ccc(F)cc2)cc1. The van der Waals surface area contributed by atoms with Gasteiger partial charge in [-0.05, 0) is 57.4 Å². The molecule has 0 unspecified atom stereocenters. The molecule has 4 rings (SSSR count). The lowest BCUT2D eigenvalue weighted by Crippen LogP contribution is -2.60. The smallest absolute Gasteiger partial charge is 0.256 e. The van der Waals surface area contributed by atoms with Gasteiger partial charge in [0.2, 0.25) is 5.91 Å². The molecular formula is C27H33FN4O4. The Balaban J connectivity index is 1.54. The van der Waals surface area contributed by atoms with Crippen LogP contribution in [0.2, 0.25) is 0 Å². The number of likely N-dealkylation sites (N-methyl/N-ethyl adjacent to an activating group) is 1. The zero-order chi connectivity index (χ0) is 25.9. The first-order chi connectivity index (χ1) is 17.2. The topological polar surface area (TPSA) is 82.2 Å². The summed E-state index contributed by atoms with van der Waals surface area (Å²) in [5.74, 6) is -1.20. The Hall–Kier alpha value is -3.30. The third-order valence-electron chi connectivity index (χ3n) is 6.86. The molecule has 0 aliphatic carbocycles. The highest BCUT2D eigenvalue weighted by Gasteiger charge is 2.54. The fourth-order valence-corrected chi connectivity index (χ4v) is 4.76. The van der Waals surface area contributed by atoms with Gasteiger partial charge in [-0.15, -0.1) is 0 Å². The Labute approximate surface area is 211 Å². The minimum Gasteiger partial charge on any atom is -0.353 e. The van der Waals surface area contributed by atoms with E-state index in [1.54, 1.807) is 4.90 Å². The molecule has 2 aliphatic rings. The van der Waals surface area contributed by atoms with E-state index < -0.39 is 23.5 Å². The summed E-state index contributed by atoms with van der Waals surface area (Å²) >= 11 is 0. The second-order valence-corrected chi connectivity index (χ2v) is 9.71. The van der Waals surface area contributed by atoms with Crippen LogP contribution in [0.4, 0.5) is 4.39 Å². The molecule has 3 amide bonds. The van der Waals surface area contributed by atoms with Crippen molar-refractivity contribution in [3.05, 3.63) is 71.0 Å². The maximum absolute atomic E-state index is 13.7. The molecule has 2 saturated heterocycles. The number of likely N-dealkylation sites (tertiary alicyclic amines) is 1. The van der Waals surface area contributed by atoms with E-state index in [1.165, 1.54) is 29.2 Å². The van der Waals surface area contributed by atoms with Crippen LogP contribution in [0.5, 0.6) is 0 Å². The highest BCUT2D eigenvalue weighted by Crippen LogP contribution is 2.38. The Morgan fingerprint density at radius 1 is 1.00 bits per heavy atom. The van der Waals surface area contributed by atoms with Crippen molar-refractivity contribution in [1.29, 1.82) is 0 Å². The molecule has 2 aromatic rings. The van der Waals surface area contributed by atoms with Gasteiger partial charge >= 0.3 is 0 Å². The van der Waals surface area contributed by atoms with Crippen LogP contribution < -0.4 is 5.32 Å². The molecule has 0 aromatic heterocycles. The van der Waals surface area contributed by atoms with Crippen molar-refractivity contribution in [3.63, 3.8) is 0 Å². The van der Waals surface area contributed by atoms with E-state index in [1.807, 2.05) is 50.2 Å². The van der Waals surface area contributed by atoms with E-state index >= 15 is 0 Å². The van der Waals surface area contributed by atoms with Crippen molar-refractivity contribution in [2.24, 2.45) is 0 Å². The number of hydrogen-bond acceptors (Lipinski definition) is 5. The Kier molecular flexibility index (Phi) is 7.70. The van der Waals surface area contributed by atoms with Crippen molar-refractivity contribution in [1.82, 2.24) is 20.0 Å². The summed E-state index contributed by atoms with van der Waals surface area (Å²) in [6, 6.07) is 11.9. The highest BCUT2D eigenvalue weighted by atomic mass is 19.1. The molecule has 0 saturated carbocycles. The zero-order valence-electron chi connectivity index (χ0n) is 21.0. The molecule has 1 spiro atoms. The van der Waals surface area contributed by atoms with Crippen molar-refractivity contribution in [3.8, 4) is 0 Å². The van der Waals surface area contributed by atoms with Crippen LogP contribution in [-0.4, -0.2) is 91.1 Å². The molecule has 2 fully saturated rings. The molecule has 1 atom stereocenters. The number of ether oxygens (including phenoxy) is 1. The predicted octanol–water partition coefficient (Wildman–Crippen LogP) is 2.29. The second-order valence-electron chi connectivity index (χ2n) is 9.71. The summed E-state index contributed by atoms with van der Waals surface area (Å²) in [6.07, 6.45) is 0.748. The van der Waals surface area contributed by atoms with E-state index in [-0.39, 0.29) is 24.0 Å². The van der Waals surface area contributed by atoms with Crippen LogP contribution in [0, 0.1) is 12.7 Å². The first-order valence-electron chi connectivity index (χ1n) is 12.2. The van der Waals surface area contributed by atoms with Crippen LogP contribution in [0.25, 0.3) is 0 Å². The third kappa shape index (κ3) is 5.42. The van der Waals surface area contributed by atoms with Gasteiger partial charge in [0.25, 0.3) is 11.8 Å². The summed E-state index contributed by atoms with van der Waals surface area (Å²) in [7, 11) is 3.83. The monoisotopic (exact) mass is 496 g/mol. The van der Waals surface area contributed by atoms with Crippen molar-refractivity contribution >= 4 is 17.7 Å². The zero-order valence-corrected chi connectivity index (χ0v) is 21.0. The summed E-state index contributed by atoms with van der Waals surface area (Å²) in [5, 5.41) is 2.90. The van der Waals surface area contributed by atoms with Gasteiger partial charge in [-0.25, -0.2) is 4.39 Å². The molecule has 8 nitrogen and oxygen atoms in total. The lowest BCUT2D eigenvalue weighted by atomic mass is 9.96. The minimum atomic E-state index is -1.01. The van der Waals surface area contributed by atoms with Crippen LogP contribution in [0.1, 0.15) is 39.1 Å². The van der Waals surface area contributed by atoms with E-state index in [0.29, 0.717) is 44.6 Å². The average Bonchev–Trinajstić information content (AvgIpc) is 3.23. The standard InChI is InChI=1S/C27H33FN4O4/c1-19-4-6-20(7-5-19)25(34)31-15-12-27(13-16-31)32(26(35)21-8-10-22(28)11-9-21)23(18-36-27)24(33)29-14-17-30(2)3/h4-11,23H,12-18H2,1-3H3,(H,29,33)/t23-/m0/s1. The van der Waals surface area contributed by atoms with Gasteiger partial charge in [-0.3, -0.25) is 19.3 Å². The van der Waals surface area contributed by atoms with Crippen LogP contribution >= 0.6 is 0 Å². The normalized spacial score (nSPS) is 19.1. The van der Waals surface area contributed by atoms with Gasteiger partial charge in [-0.2, -0.15) is 0 Å². The number of benzene rings is 2. The third-order valence-corrected chi connectivity index (χ3v) is 6.86. The maximum Gasteiger partial charge on any atom is 0.256 e. The predicted molar refractivity (Wildman–Crippen MR) is 133 cm³/mol. The average molecular weight is 497 g/mol. The molecular weight excluding hydrogens is 463 g/mol. The lowest BCUT2D eigenvalue weighted by molar-refractivity contribution is -0.128. The van der Waals surface area contributed by atoms with Crippen molar-refractivity contribution in [2.45, 2.75) is 31.5 Å². The van der Waals surface area contributed by atoms with Crippen LogP contribution in [0.15, 0.2) is 48.5 Å². The number of nitrogens with zero attached hydrogens (tertiary/aromatic N) is 3. The quantitative estimate of drug-likeness (QED) is 0.664. The van der Waals surface area contributed by atoms with Crippen LogP contribution in [-0.2, 0) is 9.53 Å². The number of piperidine rings is 1.